The van der Waals surface area contributed by atoms with E-state index >= 15 is 0 Å². The third-order valence-corrected chi connectivity index (χ3v) is 3.13. The van der Waals surface area contributed by atoms with Gasteiger partial charge in [0, 0.05) is 5.69 Å². The Balaban J connectivity index is 2.35. The minimum absolute atomic E-state index is 0.195. The highest BCUT2D eigenvalue weighted by Crippen LogP contribution is 2.31. The van der Waals surface area contributed by atoms with Crippen LogP contribution in [0, 0.1) is 6.92 Å². The summed E-state index contributed by atoms with van der Waals surface area (Å²) in [6.07, 6.45) is 0.920. The number of hydrogen-bond acceptors (Lipinski definition) is 5. The molecule has 2 aromatic rings. The zero-order valence-electron chi connectivity index (χ0n) is 12.2. The Morgan fingerprint density at radius 1 is 1.24 bits per heavy atom. The second-order valence-corrected chi connectivity index (χ2v) is 4.92. The summed E-state index contributed by atoms with van der Waals surface area (Å²) in [5.41, 5.74) is 7.97. The van der Waals surface area contributed by atoms with Gasteiger partial charge in [-0.2, -0.15) is 4.98 Å². The van der Waals surface area contributed by atoms with E-state index in [1.54, 1.807) is 13.2 Å². The third kappa shape index (κ3) is 3.66. The number of hydrogen-bond donors (Lipinski definition) is 1. The zero-order valence-corrected chi connectivity index (χ0v) is 13.0. The summed E-state index contributed by atoms with van der Waals surface area (Å²) in [5, 5.41) is 0. The Morgan fingerprint density at radius 3 is 2.62 bits per heavy atom. The fourth-order valence-corrected chi connectivity index (χ4v) is 1.93. The molecule has 1 aromatic heterocycles. The molecule has 5 nitrogen and oxygen atoms in total. The van der Waals surface area contributed by atoms with Crippen LogP contribution in [-0.4, -0.2) is 22.1 Å². The van der Waals surface area contributed by atoms with E-state index in [1.165, 1.54) is 0 Å². The van der Waals surface area contributed by atoms with Crippen LogP contribution in [0.1, 0.15) is 23.9 Å². The van der Waals surface area contributed by atoms with Crippen molar-refractivity contribution >= 4 is 17.2 Å². The lowest BCUT2D eigenvalue weighted by molar-refractivity contribution is 0.367. The number of benzene rings is 1. The Kier molecular flexibility index (Phi) is 4.70. The molecule has 0 saturated heterocycles. The molecule has 0 unspecified atom stereocenters. The van der Waals surface area contributed by atoms with Gasteiger partial charge in [-0.05, 0) is 37.1 Å². The summed E-state index contributed by atoms with van der Waals surface area (Å²) in [6, 6.07) is 7.65. The van der Waals surface area contributed by atoms with Crippen molar-refractivity contribution in [2.45, 2.75) is 20.3 Å². The molecule has 0 fully saturated rings. The standard InChI is InChI=1S/C15H17N3O2S/c1-4-10-5-6-12(13(8-10)19-3)20-15-17-9(2)7-11(18-15)14(16)21/h5-8H,4H2,1-3H3,(H2,16,21). The number of rotatable bonds is 5. The monoisotopic (exact) mass is 303 g/mol. The molecule has 0 atom stereocenters. The molecule has 21 heavy (non-hydrogen) atoms. The van der Waals surface area contributed by atoms with E-state index in [1.807, 2.05) is 25.1 Å². The van der Waals surface area contributed by atoms with Crippen LogP contribution >= 0.6 is 12.2 Å². The maximum absolute atomic E-state index is 5.71. The molecule has 110 valence electrons. The molecule has 0 aliphatic carbocycles. The summed E-state index contributed by atoms with van der Waals surface area (Å²) in [4.78, 5) is 8.62. The van der Waals surface area contributed by atoms with Crippen LogP contribution in [0.2, 0.25) is 0 Å². The van der Waals surface area contributed by atoms with Gasteiger partial charge < -0.3 is 15.2 Å². The van der Waals surface area contributed by atoms with E-state index in [0.717, 1.165) is 17.7 Å². The molecule has 2 N–H and O–H groups in total. The summed E-state index contributed by atoms with van der Waals surface area (Å²) in [5.74, 6) is 1.19. The van der Waals surface area contributed by atoms with Gasteiger partial charge in [-0.15, -0.1) is 0 Å². The average Bonchev–Trinajstić information content (AvgIpc) is 2.47. The number of nitrogens with zero attached hydrogens (tertiary/aromatic N) is 2. The zero-order chi connectivity index (χ0) is 15.4. The minimum atomic E-state index is 0.195. The highest BCUT2D eigenvalue weighted by atomic mass is 32.1. The minimum Gasteiger partial charge on any atom is -0.493 e. The van der Waals surface area contributed by atoms with E-state index in [0.29, 0.717) is 17.2 Å². The number of aromatic nitrogens is 2. The molecule has 0 spiro atoms. The Morgan fingerprint density at radius 2 is 2.00 bits per heavy atom. The van der Waals surface area contributed by atoms with Crippen LogP contribution in [0.3, 0.4) is 0 Å². The van der Waals surface area contributed by atoms with Crippen molar-refractivity contribution in [1.82, 2.24) is 9.97 Å². The lowest BCUT2D eigenvalue weighted by Gasteiger charge is -2.11. The van der Waals surface area contributed by atoms with E-state index in [-0.39, 0.29) is 11.0 Å². The summed E-state index contributed by atoms with van der Waals surface area (Å²) in [6.45, 7) is 3.90. The van der Waals surface area contributed by atoms with Gasteiger partial charge >= 0.3 is 6.01 Å². The lowest BCUT2D eigenvalue weighted by Crippen LogP contribution is -2.13. The van der Waals surface area contributed by atoms with Gasteiger partial charge in [0.2, 0.25) is 0 Å². The highest BCUT2D eigenvalue weighted by Gasteiger charge is 2.11. The fraction of sp³-hybridized carbons (Fsp3) is 0.267. The summed E-state index contributed by atoms with van der Waals surface area (Å²) in [7, 11) is 1.60. The van der Waals surface area contributed by atoms with Crippen LogP contribution in [0.15, 0.2) is 24.3 Å². The van der Waals surface area contributed by atoms with Gasteiger partial charge in [-0.25, -0.2) is 4.98 Å². The van der Waals surface area contributed by atoms with E-state index in [4.69, 9.17) is 27.4 Å². The smallest absolute Gasteiger partial charge is 0.322 e. The highest BCUT2D eigenvalue weighted by molar-refractivity contribution is 7.80. The molecular weight excluding hydrogens is 286 g/mol. The first-order valence-electron chi connectivity index (χ1n) is 6.53. The van der Waals surface area contributed by atoms with Crippen molar-refractivity contribution in [2.24, 2.45) is 5.73 Å². The van der Waals surface area contributed by atoms with Gasteiger partial charge in [0.05, 0.1) is 7.11 Å². The van der Waals surface area contributed by atoms with Crippen LogP contribution in [0.4, 0.5) is 0 Å². The molecule has 0 amide bonds. The Hall–Kier alpha value is -2.21. The van der Waals surface area contributed by atoms with Crippen molar-refractivity contribution in [3.05, 3.63) is 41.2 Å². The third-order valence-electron chi connectivity index (χ3n) is 2.92. The van der Waals surface area contributed by atoms with Crippen molar-refractivity contribution in [1.29, 1.82) is 0 Å². The van der Waals surface area contributed by atoms with Crippen LogP contribution in [0.25, 0.3) is 0 Å². The first-order valence-corrected chi connectivity index (χ1v) is 6.94. The van der Waals surface area contributed by atoms with E-state index in [2.05, 4.69) is 16.9 Å². The molecule has 1 aromatic carbocycles. The van der Waals surface area contributed by atoms with Crippen LogP contribution in [-0.2, 0) is 6.42 Å². The molecular formula is C15H17N3O2S. The van der Waals surface area contributed by atoms with Crippen molar-refractivity contribution in [3.8, 4) is 17.5 Å². The lowest BCUT2D eigenvalue weighted by atomic mass is 10.1. The number of aryl methyl sites for hydroxylation is 2. The number of ether oxygens (including phenoxy) is 2. The first-order chi connectivity index (χ1) is 10.0. The van der Waals surface area contributed by atoms with Crippen molar-refractivity contribution in [3.63, 3.8) is 0 Å². The summed E-state index contributed by atoms with van der Waals surface area (Å²) < 4.78 is 11.0. The maximum atomic E-state index is 5.71. The predicted octanol–water partition coefficient (Wildman–Crippen LogP) is 2.78. The number of nitrogens with two attached hydrogens (primary N) is 1. The largest absolute Gasteiger partial charge is 0.493 e. The average molecular weight is 303 g/mol. The topological polar surface area (TPSA) is 70.3 Å². The Labute approximate surface area is 129 Å². The first kappa shape index (κ1) is 15.2. The molecule has 2 rings (SSSR count). The van der Waals surface area contributed by atoms with Gasteiger partial charge in [-0.1, -0.05) is 25.2 Å². The van der Waals surface area contributed by atoms with E-state index in [9.17, 15) is 0 Å². The van der Waals surface area contributed by atoms with E-state index < -0.39 is 0 Å². The number of methoxy groups -OCH3 is 1. The normalized spacial score (nSPS) is 10.2. The van der Waals surface area contributed by atoms with Crippen molar-refractivity contribution < 1.29 is 9.47 Å². The number of thiocarbonyl (C=S) groups is 1. The van der Waals surface area contributed by atoms with Crippen LogP contribution < -0.4 is 15.2 Å². The SMILES string of the molecule is CCc1ccc(Oc2nc(C)cc(C(N)=S)n2)c(OC)c1. The second kappa shape index (κ2) is 6.49. The van der Waals surface area contributed by atoms with Crippen molar-refractivity contribution in [2.75, 3.05) is 7.11 Å². The molecule has 0 aliphatic heterocycles. The molecule has 0 bridgehead atoms. The molecule has 0 radical (unpaired) electrons. The second-order valence-electron chi connectivity index (χ2n) is 4.48. The van der Waals surface area contributed by atoms with Gasteiger partial charge in [0.1, 0.15) is 10.7 Å². The molecule has 0 saturated carbocycles. The Bertz CT molecular complexity index is 674. The summed E-state index contributed by atoms with van der Waals surface area (Å²) >= 11 is 4.93. The molecule has 0 aliphatic rings. The van der Waals surface area contributed by atoms with Gasteiger partial charge in [-0.3, -0.25) is 0 Å². The predicted molar refractivity (Wildman–Crippen MR) is 85.1 cm³/mol. The maximum Gasteiger partial charge on any atom is 0.322 e. The molecule has 1 heterocycles. The van der Waals surface area contributed by atoms with Gasteiger partial charge in [0.15, 0.2) is 11.5 Å². The van der Waals surface area contributed by atoms with Crippen LogP contribution in [0.5, 0.6) is 17.5 Å². The van der Waals surface area contributed by atoms with Gasteiger partial charge in [0.25, 0.3) is 0 Å². The molecule has 6 heteroatoms. The quantitative estimate of drug-likeness (QED) is 0.857. The fourth-order valence-electron chi connectivity index (χ4n) is 1.83.